The van der Waals surface area contributed by atoms with Crippen molar-refractivity contribution < 1.29 is 13.2 Å². The standard InChI is InChI=1S/C9H13F3N4/c1-6-5-7(9(10,11)12)16-8(15-6)14-4-2-3-13/h5H,2-4,13H2,1H3,(H,14,15,16). The molecule has 1 aromatic rings. The molecule has 0 saturated carbocycles. The van der Waals surface area contributed by atoms with Gasteiger partial charge in [-0.2, -0.15) is 13.2 Å². The van der Waals surface area contributed by atoms with Crippen molar-refractivity contribution in [2.24, 2.45) is 5.73 Å². The zero-order valence-electron chi connectivity index (χ0n) is 8.80. The van der Waals surface area contributed by atoms with Gasteiger partial charge >= 0.3 is 6.18 Å². The molecule has 0 amide bonds. The third kappa shape index (κ3) is 3.65. The number of nitrogens with zero attached hydrogens (tertiary/aromatic N) is 2. The Morgan fingerprint density at radius 1 is 1.38 bits per heavy atom. The second-order valence-electron chi connectivity index (χ2n) is 3.28. The zero-order valence-corrected chi connectivity index (χ0v) is 8.80. The third-order valence-electron chi connectivity index (χ3n) is 1.81. The maximum Gasteiger partial charge on any atom is 0.433 e. The minimum absolute atomic E-state index is 0.0132. The number of hydrogen-bond acceptors (Lipinski definition) is 4. The highest BCUT2D eigenvalue weighted by Gasteiger charge is 2.33. The van der Waals surface area contributed by atoms with Crippen LogP contribution >= 0.6 is 0 Å². The maximum absolute atomic E-state index is 12.4. The summed E-state index contributed by atoms with van der Waals surface area (Å²) in [5, 5.41) is 2.70. The van der Waals surface area contributed by atoms with Gasteiger partial charge in [-0.1, -0.05) is 0 Å². The number of anilines is 1. The van der Waals surface area contributed by atoms with Gasteiger partial charge in [-0.3, -0.25) is 0 Å². The summed E-state index contributed by atoms with van der Waals surface area (Å²) in [6, 6.07) is 0.911. The van der Waals surface area contributed by atoms with Gasteiger partial charge in [-0.15, -0.1) is 0 Å². The van der Waals surface area contributed by atoms with Crippen molar-refractivity contribution in [2.45, 2.75) is 19.5 Å². The second kappa shape index (κ2) is 5.11. The number of rotatable bonds is 4. The Hall–Kier alpha value is -1.37. The summed E-state index contributed by atoms with van der Waals surface area (Å²) in [4.78, 5) is 7.24. The Labute approximate surface area is 91.1 Å². The normalized spacial score (nSPS) is 11.6. The van der Waals surface area contributed by atoms with Crippen LogP contribution in [0.2, 0.25) is 0 Å². The lowest BCUT2D eigenvalue weighted by molar-refractivity contribution is -0.141. The quantitative estimate of drug-likeness (QED) is 0.776. The average Bonchev–Trinajstić information content (AvgIpc) is 2.16. The van der Waals surface area contributed by atoms with E-state index >= 15 is 0 Å². The number of halogens is 3. The molecular weight excluding hydrogens is 221 g/mol. The van der Waals surface area contributed by atoms with Crippen LogP contribution in [0.4, 0.5) is 19.1 Å². The van der Waals surface area contributed by atoms with E-state index in [0.717, 1.165) is 6.07 Å². The van der Waals surface area contributed by atoms with Crippen LogP contribution in [0.1, 0.15) is 17.8 Å². The number of aryl methyl sites for hydroxylation is 1. The topological polar surface area (TPSA) is 63.8 Å². The molecule has 0 radical (unpaired) electrons. The van der Waals surface area contributed by atoms with Crippen LogP contribution in [0.5, 0.6) is 0 Å². The minimum atomic E-state index is -4.45. The first-order valence-electron chi connectivity index (χ1n) is 4.80. The molecule has 0 saturated heterocycles. The Balaban J connectivity index is 2.82. The monoisotopic (exact) mass is 234 g/mol. The molecule has 0 aliphatic carbocycles. The summed E-state index contributed by atoms with van der Waals surface area (Å²) < 4.78 is 37.2. The van der Waals surface area contributed by atoms with Crippen molar-refractivity contribution >= 4 is 5.95 Å². The molecule has 1 heterocycles. The molecule has 0 aliphatic rings. The third-order valence-corrected chi connectivity index (χ3v) is 1.81. The molecule has 1 aromatic heterocycles. The van der Waals surface area contributed by atoms with Crippen molar-refractivity contribution in [1.29, 1.82) is 0 Å². The van der Waals surface area contributed by atoms with E-state index in [4.69, 9.17) is 5.73 Å². The van der Waals surface area contributed by atoms with E-state index in [1.807, 2.05) is 0 Å². The Kier molecular flexibility index (Phi) is 4.05. The van der Waals surface area contributed by atoms with Gasteiger partial charge in [0, 0.05) is 12.2 Å². The first-order chi connectivity index (χ1) is 7.43. The van der Waals surface area contributed by atoms with Gasteiger partial charge in [-0.25, -0.2) is 9.97 Å². The van der Waals surface area contributed by atoms with E-state index in [1.165, 1.54) is 6.92 Å². The van der Waals surface area contributed by atoms with Gasteiger partial charge in [-0.05, 0) is 26.0 Å². The molecule has 16 heavy (non-hydrogen) atoms. The molecule has 0 bridgehead atoms. The Morgan fingerprint density at radius 3 is 2.62 bits per heavy atom. The largest absolute Gasteiger partial charge is 0.433 e. The van der Waals surface area contributed by atoms with Crippen LogP contribution in [0.15, 0.2) is 6.07 Å². The molecule has 0 spiro atoms. The number of aromatic nitrogens is 2. The highest BCUT2D eigenvalue weighted by atomic mass is 19.4. The predicted octanol–water partition coefficient (Wildman–Crippen LogP) is 1.56. The number of nitrogens with two attached hydrogens (primary N) is 1. The summed E-state index contributed by atoms with van der Waals surface area (Å²) in [6.45, 7) is 2.41. The Bertz CT molecular complexity index is 351. The first kappa shape index (κ1) is 12.7. The van der Waals surface area contributed by atoms with Gasteiger partial charge in [0.1, 0.15) is 5.69 Å². The smallest absolute Gasteiger partial charge is 0.354 e. The SMILES string of the molecule is Cc1cc(C(F)(F)F)nc(NCCCN)n1. The molecule has 0 aromatic carbocycles. The zero-order chi connectivity index (χ0) is 12.2. The van der Waals surface area contributed by atoms with Gasteiger partial charge in [0.2, 0.25) is 5.95 Å². The van der Waals surface area contributed by atoms with E-state index in [2.05, 4.69) is 15.3 Å². The van der Waals surface area contributed by atoms with Gasteiger partial charge in [0.05, 0.1) is 0 Å². The highest BCUT2D eigenvalue weighted by Crippen LogP contribution is 2.28. The second-order valence-corrected chi connectivity index (χ2v) is 3.28. The maximum atomic E-state index is 12.4. The molecule has 90 valence electrons. The highest BCUT2D eigenvalue weighted by molar-refractivity contribution is 5.28. The van der Waals surface area contributed by atoms with Crippen molar-refractivity contribution in [2.75, 3.05) is 18.4 Å². The molecule has 0 atom stereocenters. The van der Waals surface area contributed by atoms with Crippen molar-refractivity contribution in [3.05, 3.63) is 17.5 Å². The van der Waals surface area contributed by atoms with Crippen molar-refractivity contribution in [3.63, 3.8) is 0 Å². The van der Waals surface area contributed by atoms with Crippen LogP contribution in [0.3, 0.4) is 0 Å². The molecule has 1 rings (SSSR count). The van der Waals surface area contributed by atoms with Crippen LogP contribution in [-0.2, 0) is 6.18 Å². The van der Waals surface area contributed by atoms with Gasteiger partial charge < -0.3 is 11.1 Å². The molecule has 0 fully saturated rings. The molecule has 4 nitrogen and oxygen atoms in total. The fourth-order valence-corrected chi connectivity index (χ4v) is 1.10. The number of nitrogens with one attached hydrogen (secondary N) is 1. The lowest BCUT2D eigenvalue weighted by Gasteiger charge is -2.09. The average molecular weight is 234 g/mol. The fraction of sp³-hybridized carbons (Fsp3) is 0.556. The summed E-state index contributed by atoms with van der Waals surface area (Å²) in [6.07, 6.45) is -3.79. The fourth-order valence-electron chi connectivity index (χ4n) is 1.10. The van der Waals surface area contributed by atoms with Crippen LogP contribution in [0.25, 0.3) is 0 Å². The number of alkyl halides is 3. The molecular formula is C9H13F3N4. The minimum Gasteiger partial charge on any atom is -0.354 e. The van der Waals surface area contributed by atoms with Gasteiger partial charge in [0.15, 0.2) is 0 Å². The van der Waals surface area contributed by atoms with Crippen molar-refractivity contribution in [1.82, 2.24) is 9.97 Å². The van der Waals surface area contributed by atoms with Crippen LogP contribution in [-0.4, -0.2) is 23.1 Å². The van der Waals surface area contributed by atoms with Crippen LogP contribution in [0, 0.1) is 6.92 Å². The van der Waals surface area contributed by atoms with Crippen molar-refractivity contribution in [3.8, 4) is 0 Å². The Morgan fingerprint density at radius 2 is 2.06 bits per heavy atom. The van der Waals surface area contributed by atoms with Gasteiger partial charge in [0.25, 0.3) is 0 Å². The summed E-state index contributed by atoms with van der Waals surface area (Å²) in [7, 11) is 0. The first-order valence-corrected chi connectivity index (χ1v) is 4.80. The molecule has 7 heteroatoms. The van der Waals surface area contributed by atoms with E-state index in [1.54, 1.807) is 0 Å². The predicted molar refractivity (Wildman–Crippen MR) is 53.9 cm³/mol. The number of hydrogen-bond donors (Lipinski definition) is 2. The summed E-state index contributed by atoms with van der Waals surface area (Å²) in [5.41, 5.74) is 4.60. The molecule has 0 aliphatic heterocycles. The van der Waals surface area contributed by atoms with E-state index in [9.17, 15) is 13.2 Å². The van der Waals surface area contributed by atoms with Crippen LogP contribution < -0.4 is 11.1 Å². The summed E-state index contributed by atoms with van der Waals surface area (Å²) in [5.74, 6) is -0.0132. The molecule has 3 N–H and O–H groups in total. The van der Waals surface area contributed by atoms with E-state index < -0.39 is 11.9 Å². The lowest BCUT2D eigenvalue weighted by atomic mass is 10.3. The van der Waals surface area contributed by atoms with E-state index in [0.29, 0.717) is 19.5 Å². The molecule has 0 unspecified atom stereocenters. The van der Waals surface area contributed by atoms with E-state index in [-0.39, 0.29) is 11.6 Å². The lowest BCUT2D eigenvalue weighted by Crippen LogP contribution is -2.14. The summed E-state index contributed by atoms with van der Waals surface area (Å²) >= 11 is 0.